The van der Waals surface area contributed by atoms with Crippen molar-refractivity contribution in [3.63, 3.8) is 0 Å². The fourth-order valence-corrected chi connectivity index (χ4v) is 2.22. The fourth-order valence-electron chi connectivity index (χ4n) is 2.22. The van der Waals surface area contributed by atoms with Crippen molar-refractivity contribution < 1.29 is 14.6 Å². The van der Waals surface area contributed by atoms with Gasteiger partial charge in [-0.05, 0) is 37.3 Å². The first-order valence-corrected chi connectivity index (χ1v) is 7.54. The van der Waals surface area contributed by atoms with Crippen LogP contribution >= 0.6 is 0 Å². The first kappa shape index (κ1) is 17.5. The van der Waals surface area contributed by atoms with E-state index in [1.165, 1.54) is 0 Å². The number of nitrogens with one attached hydrogen (secondary N) is 1. The van der Waals surface area contributed by atoms with E-state index >= 15 is 0 Å². The number of aryl methyl sites for hydroxylation is 2. The van der Waals surface area contributed by atoms with Crippen LogP contribution in [0.25, 0.3) is 0 Å². The summed E-state index contributed by atoms with van der Waals surface area (Å²) in [7, 11) is 0. The van der Waals surface area contributed by atoms with Crippen LogP contribution in [0.5, 0.6) is 5.75 Å². The third-order valence-corrected chi connectivity index (χ3v) is 3.26. The molecule has 1 atom stereocenters. The molecule has 1 aromatic rings. The second-order valence-corrected chi connectivity index (χ2v) is 5.91. The van der Waals surface area contributed by atoms with E-state index in [9.17, 15) is 9.90 Å². The molecule has 0 aliphatic heterocycles. The number of amides is 1. The second-order valence-electron chi connectivity index (χ2n) is 5.91. The highest BCUT2D eigenvalue weighted by Crippen LogP contribution is 2.22. The van der Waals surface area contributed by atoms with Crippen molar-refractivity contribution in [1.82, 2.24) is 5.32 Å². The number of ether oxygens (including phenoxy) is 1. The van der Waals surface area contributed by atoms with Crippen molar-refractivity contribution in [2.75, 3.05) is 13.2 Å². The quantitative estimate of drug-likeness (QED) is 0.774. The second kappa shape index (κ2) is 8.67. The summed E-state index contributed by atoms with van der Waals surface area (Å²) < 4.78 is 5.69. The number of hydrogen-bond donors (Lipinski definition) is 2. The summed E-state index contributed by atoms with van der Waals surface area (Å²) in [5.41, 5.74) is 2.14. The highest BCUT2D eigenvalue weighted by Gasteiger charge is 2.09. The SMILES string of the molecule is Cc1cccc(C)c1OCCC(=O)NCC(O)CC(C)C. The summed E-state index contributed by atoms with van der Waals surface area (Å²) in [5.74, 6) is 1.18. The molecule has 0 saturated carbocycles. The molecule has 118 valence electrons. The van der Waals surface area contributed by atoms with Gasteiger partial charge in [0.25, 0.3) is 0 Å². The van der Waals surface area contributed by atoms with Gasteiger partial charge in [0.15, 0.2) is 0 Å². The van der Waals surface area contributed by atoms with Crippen LogP contribution < -0.4 is 10.1 Å². The van der Waals surface area contributed by atoms with Crippen LogP contribution in [0.15, 0.2) is 18.2 Å². The van der Waals surface area contributed by atoms with Crippen LogP contribution in [0.1, 0.15) is 37.8 Å². The van der Waals surface area contributed by atoms with Crippen LogP contribution in [0.4, 0.5) is 0 Å². The molecule has 1 amide bonds. The van der Waals surface area contributed by atoms with Crippen LogP contribution in [0, 0.1) is 19.8 Å². The average molecular weight is 293 g/mol. The summed E-state index contributed by atoms with van der Waals surface area (Å²) in [5, 5.41) is 12.4. The van der Waals surface area contributed by atoms with Gasteiger partial charge in [-0.1, -0.05) is 32.0 Å². The lowest BCUT2D eigenvalue weighted by Gasteiger charge is -2.14. The maximum atomic E-state index is 11.7. The Morgan fingerprint density at radius 3 is 2.48 bits per heavy atom. The number of carbonyl (C=O) groups is 1. The van der Waals surface area contributed by atoms with E-state index in [1.807, 2.05) is 45.9 Å². The Labute approximate surface area is 127 Å². The van der Waals surface area contributed by atoms with E-state index in [0.717, 1.165) is 16.9 Å². The topological polar surface area (TPSA) is 58.6 Å². The van der Waals surface area contributed by atoms with Crippen molar-refractivity contribution in [2.45, 2.75) is 46.6 Å². The van der Waals surface area contributed by atoms with E-state index in [-0.39, 0.29) is 5.91 Å². The van der Waals surface area contributed by atoms with Gasteiger partial charge in [-0.15, -0.1) is 0 Å². The zero-order chi connectivity index (χ0) is 15.8. The molecule has 2 N–H and O–H groups in total. The molecule has 0 bridgehead atoms. The van der Waals surface area contributed by atoms with E-state index in [2.05, 4.69) is 5.32 Å². The highest BCUT2D eigenvalue weighted by molar-refractivity contribution is 5.76. The minimum absolute atomic E-state index is 0.0935. The Balaban J connectivity index is 2.28. The van der Waals surface area contributed by atoms with E-state index < -0.39 is 6.10 Å². The lowest BCUT2D eigenvalue weighted by Crippen LogP contribution is -2.33. The molecule has 0 aliphatic rings. The Morgan fingerprint density at radius 2 is 1.90 bits per heavy atom. The van der Waals surface area contributed by atoms with Crippen LogP contribution in [0.2, 0.25) is 0 Å². The average Bonchev–Trinajstić information content (AvgIpc) is 2.39. The molecule has 4 nitrogen and oxygen atoms in total. The van der Waals surface area contributed by atoms with Gasteiger partial charge in [0.1, 0.15) is 5.75 Å². The van der Waals surface area contributed by atoms with Gasteiger partial charge in [-0.25, -0.2) is 0 Å². The highest BCUT2D eigenvalue weighted by atomic mass is 16.5. The lowest BCUT2D eigenvalue weighted by molar-refractivity contribution is -0.122. The zero-order valence-electron chi connectivity index (χ0n) is 13.5. The molecular formula is C17H27NO3. The molecule has 0 heterocycles. The van der Waals surface area contributed by atoms with Gasteiger partial charge < -0.3 is 15.2 Å². The monoisotopic (exact) mass is 293 g/mol. The number of para-hydroxylation sites is 1. The van der Waals surface area contributed by atoms with Gasteiger partial charge in [0.2, 0.25) is 5.91 Å². The minimum atomic E-state index is -0.478. The Hall–Kier alpha value is -1.55. The molecule has 4 heteroatoms. The molecule has 0 aromatic heterocycles. The minimum Gasteiger partial charge on any atom is -0.493 e. The molecule has 1 rings (SSSR count). The van der Waals surface area contributed by atoms with Gasteiger partial charge in [-0.3, -0.25) is 4.79 Å². The first-order chi connectivity index (χ1) is 9.90. The molecule has 21 heavy (non-hydrogen) atoms. The number of benzene rings is 1. The Bertz CT molecular complexity index is 437. The van der Waals surface area contributed by atoms with Crippen molar-refractivity contribution in [3.05, 3.63) is 29.3 Å². The molecule has 1 unspecified atom stereocenters. The summed E-state index contributed by atoms with van der Waals surface area (Å²) in [4.78, 5) is 11.7. The van der Waals surface area contributed by atoms with Crippen molar-refractivity contribution in [3.8, 4) is 5.75 Å². The third-order valence-electron chi connectivity index (χ3n) is 3.26. The summed E-state index contributed by atoms with van der Waals surface area (Å²) in [6, 6.07) is 5.97. The number of aliphatic hydroxyl groups is 1. The van der Waals surface area contributed by atoms with Crippen molar-refractivity contribution in [1.29, 1.82) is 0 Å². The Kier molecular flexibility index (Phi) is 7.23. The molecule has 0 saturated heterocycles. The zero-order valence-corrected chi connectivity index (χ0v) is 13.5. The normalized spacial score (nSPS) is 12.3. The molecule has 0 aliphatic carbocycles. The summed E-state index contributed by atoms with van der Waals surface area (Å²) in [6.45, 7) is 8.72. The molecule has 0 fully saturated rings. The van der Waals surface area contributed by atoms with Crippen LogP contribution in [-0.4, -0.2) is 30.3 Å². The predicted molar refractivity (Wildman–Crippen MR) is 84.5 cm³/mol. The van der Waals surface area contributed by atoms with Gasteiger partial charge in [0, 0.05) is 6.54 Å². The van der Waals surface area contributed by atoms with E-state index in [1.54, 1.807) is 0 Å². The molecule has 0 radical (unpaired) electrons. The van der Waals surface area contributed by atoms with Crippen molar-refractivity contribution >= 4 is 5.91 Å². The van der Waals surface area contributed by atoms with Crippen LogP contribution in [-0.2, 0) is 4.79 Å². The summed E-state index contributed by atoms with van der Waals surface area (Å²) in [6.07, 6.45) is 0.509. The van der Waals surface area contributed by atoms with Gasteiger partial charge in [0.05, 0.1) is 19.1 Å². The predicted octanol–water partition coefficient (Wildman–Crippen LogP) is 2.60. The summed E-state index contributed by atoms with van der Waals surface area (Å²) >= 11 is 0. The first-order valence-electron chi connectivity index (χ1n) is 7.54. The van der Waals surface area contributed by atoms with Gasteiger partial charge in [-0.2, -0.15) is 0 Å². The van der Waals surface area contributed by atoms with Gasteiger partial charge >= 0.3 is 0 Å². The van der Waals surface area contributed by atoms with E-state index in [4.69, 9.17) is 4.74 Å². The maximum absolute atomic E-state index is 11.7. The number of hydrogen-bond acceptors (Lipinski definition) is 3. The lowest BCUT2D eigenvalue weighted by atomic mass is 10.1. The van der Waals surface area contributed by atoms with Crippen molar-refractivity contribution in [2.24, 2.45) is 5.92 Å². The number of rotatable bonds is 8. The standard InChI is InChI=1S/C17H27NO3/c1-12(2)10-15(19)11-18-16(20)8-9-21-17-13(3)6-5-7-14(17)4/h5-7,12,15,19H,8-11H2,1-4H3,(H,18,20). The molecule has 0 spiro atoms. The third kappa shape index (κ3) is 6.63. The molecule has 1 aromatic carbocycles. The fraction of sp³-hybridized carbons (Fsp3) is 0.588. The maximum Gasteiger partial charge on any atom is 0.223 e. The van der Waals surface area contributed by atoms with E-state index in [0.29, 0.717) is 31.9 Å². The number of carbonyl (C=O) groups excluding carboxylic acids is 1. The number of aliphatic hydroxyl groups excluding tert-OH is 1. The molecular weight excluding hydrogens is 266 g/mol. The Morgan fingerprint density at radius 1 is 1.29 bits per heavy atom. The van der Waals surface area contributed by atoms with Crippen LogP contribution in [0.3, 0.4) is 0 Å². The largest absolute Gasteiger partial charge is 0.493 e. The smallest absolute Gasteiger partial charge is 0.223 e.